The molecule has 0 aromatic carbocycles. The molecule has 0 aliphatic rings. The molecule has 4 heteroatoms. The first-order valence-corrected chi connectivity index (χ1v) is 4.40. The minimum Gasteiger partial charge on any atom is -0.468 e. The summed E-state index contributed by atoms with van der Waals surface area (Å²) in [6, 6.07) is 0. The maximum absolute atomic E-state index is 11.2. The Morgan fingerprint density at radius 3 is 2.43 bits per heavy atom. The van der Waals surface area contributed by atoms with Crippen LogP contribution < -0.4 is 5.32 Å². The summed E-state index contributed by atoms with van der Waals surface area (Å²) >= 11 is 0. The first-order chi connectivity index (χ1) is 6.40. The molecule has 0 radical (unpaired) electrons. The molecule has 1 N–H and O–H groups in total. The van der Waals surface area contributed by atoms with Gasteiger partial charge in [0, 0.05) is 13.5 Å². The third-order valence-electron chi connectivity index (χ3n) is 1.71. The van der Waals surface area contributed by atoms with Gasteiger partial charge in [0.25, 0.3) is 0 Å². The second kappa shape index (κ2) is 5.42. The molecule has 0 unspecified atom stereocenters. The molecule has 0 spiro atoms. The van der Waals surface area contributed by atoms with Crippen molar-refractivity contribution in [3.63, 3.8) is 0 Å². The van der Waals surface area contributed by atoms with Gasteiger partial charge in [-0.15, -0.1) is 0 Å². The smallest absolute Gasteiger partial charge is 0.315 e. The van der Waals surface area contributed by atoms with Crippen LogP contribution in [0, 0.1) is 5.41 Å². The van der Waals surface area contributed by atoms with Crippen LogP contribution in [-0.2, 0) is 14.3 Å². The molecular weight excluding hydrogens is 182 g/mol. The highest BCUT2D eigenvalue weighted by atomic mass is 16.5. The molecule has 0 rings (SSSR count). The van der Waals surface area contributed by atoms with Crippen LogP contribution in [-0.4, -0.2) is 25.5 Å². The van der Waals surface area contributed by atoms with E-state index in [1.807, 2.05) is 0 Å². The molecule has 14 heavy (non-hydrogen) atoms. The molecule has 1 amide bonds. The van der Waals surface area contributed by atoms with Crippen LogP contribution in [0.15, 0.2) is 12.2 Å². The number of carbonyl (C=O) groups is 2. The Balaban J connectivity index is 4.08. The van der Waals surface area contributed by atoms with E-state index in [1.165, 1.54) is 14.0 Å². The number of amides is 1. The van der Waals surface area contributed by atoms with Gasteiger partial charge in [-0.05, 0) is 13.8 Å². The average molecular weight is 199 g/mol. The molecule has 0 aromatic rings. The van der Waals surface area contributed by atoms with E-state index in [-0.39, 0.29) is 11.9 Å². The Hall–Kier alpha value is -1.32. The van der Waals surface area contributed by atoms with Crippen molar-refractivity contribution in [1.29, 1.82) is 0 Å². The minimum atomic E-state index is -0.646. The lowest BCUT2D eigenvalue weighted by Gasteiger charge is -2.16. The highest BCUT2D eigenvalue weighted by molar-refractivity contribution is 5.78. The van der Waals surface area contributed by atoms with E-state index < -0.39 is 5.41 Å². The van der Waals surface area contributed by atoms with Gasteiger partial charge in [-0.25, -0.2) is 0 Å². The van der Waals surface area contributed by atoms with Crippen molar-refractivity contribution in [2.24, 2.45) is 5.41 Å². The molecule has 0 bridgehead atoms. The summed E-state index contributed by atoms with van der Waals surface area (Å²) in [5.41, 5.74) is -0.646. The first kappa shape index (κ1) is 12.7. The normalized spacial score (nSPS) is 11.4. The van der Waals surface area contributed by atoms with Crippen LogP contribution in [0.5, 0.6) is 0 Å². The fourth-order valence-corrected chi connectivity index (χ4v) is 0.887. The summed E-state index contributed by atoms with van der Waals surface area (Å²) in [7, 11) is 1.35. The molecule has 0 heterocycles. The number of ether oxygens (including phenoxy) is 1. The maximum atomic E-state index is 11.2. The molecule has 0 saturated carbocycles. The summed E-state index contributed by atoms with van der Waals surface area (Å²) in [5, 5.41) is 2.60. The largest absolute Gasteiger partial charge is 0.468 e. The lowest BCUT2D eigenvalue weighted by atomic mass is 9.93. The predicted octanol–water partition coefficient (Wildman–Crippen LogP) is 0.878. The van der Waals surface area contributed by atoms with Gasteiger partial charge >= 0.3 is 5.97 Å². The highest BCUT2D eigenvalue weighted by Gasteiger charge is 2.24. The first-order valence-electron chi connectivity index (χ1n) is 4.40. The van der Waals surface area contributed by atoms with Crippen LogP contribution in [0.2, 0.25) is 0 Å². The van der Waals surface area contributed by atoms with Crippen molar-refractivity contribution in [1.82, 2.24) is 5.32 Å². The molecule has 0 aromatic heterocycles. The van der Waals surface area contributed by atoms with E-state index in [0.717, 1.165) is 0 Å². The number of methoxy groups -OCH3 is 1. The zero-order valence-electron chi connectivity index (χ0n) is 9.09. The highest BCUT2D eigenvalue weighted by Crippen LogP contribution is 2.18. The molecular formula is C10H17NO3. The van der Waals surface area contributed by atoms with Crippen LogP contribution in [0.1, 0.15) is 20.8 Å². The van der Waals surface area contributed by atoms with Gasteiger partial charge in [0.15, 0.2) is 0 Å². The fraction of sp³-hybridized carbons (Fsp3) is 0.600. The standard InChI is InChI=1S/C10H17NO3/c1-8(12)11-7-5-6-10(2,3)9(13)14-4/h5-6H,7H2,1-4H3,(H,11,12). The number of rotatable bonds is 4. The third kappa shape index (κ3) is 4.64. The van der Waals surface area contributed by atoms with Gasteiger partial charge in [0.1, 0.15) is 0 Å². The molecule has 0 fully saturated rings. The molecule has 80 valence electrons. The second-order valence-electron chi connectivity index (χ2n) is 3.55. The number of hydrogen-bond acceptors (Lipinski definition) is 3. The number of esters is 1. The van der Waals surface area contributed by atoms with Crippen LogP contribution >= 0.6 is 0 Å². The summed E-state index contributed by atoms with van der Waals surface area (Å²) < 4.78 is 4.62. The number of nitrogens with one attached hydrogen (secondary N) is 1. The lowest BCUT2D eigenvalue weighted by molar-refractivity contribution is -0.148. The van der Waals surface area contributed by atoms with Crippen LogP contribution in [0.4, 0.5) is 0 Å². The molecule has 0 atom stereocenters. The summed E-state index contributed by atoms with van der Waals surface area (Å²) in [6.45, 7) is 5.38. The van der Waals surface area contributed by atoms with Crippen molar-refractivity contribution in [2.45, 2.75) is 20.8 Å². The van der Waals surface area contributed by atoms with Gasteiger partial charge in [0.2, 0.25) is 5.91 Å². The number of carbonyl (C=O) groups excluding carboxylic acids is 2. The fourth-order valence-electron chi connectivity index (χ4n) is 0.887. The Morgan fingerprint density at radius 2 is 2.00 bits per heavy atom. The lowest BCUT2D eigenvalue weighted by Crippen LogP contribution is -2.24. The van der Waals surface area contributed by atoms with Crippen LogP contribution in [0.25, 0.3) is 0 Å². The second-order valence-corrected chi connectivity index (χ2v) is 3.55. The topological polar surface area (TPSA) is 55.4 Å². The van der Waals surface area contributed by atoms with Gasteiger partial charge in [-0.2, -0.15) is 0 Å². The molecule has 0 aliphatic carbocycles. The van der Waals surface area contributed by atoms with E-state index >= 15 is 0 Å². The van der Waals surface area contributed by atoms with Gasteiger partial charge in [-0.1, -0.05) is 12.2 Å². The van der Waals surface area contributed by atoms with Crippen molar-refractivity contribution >= 4 is 11.9 Å². The zero-order chi connectivity index (χ0) is 11.2. The van der Waals surface area contributed by atoms with E-state index in [1.54, 1.807) is 26.0 Å². The van der Waals surface area contributed by atoms with E-state index in [2.05, 4.69) is 10.1 Å². The van der Waals surface area contributed by atoms with E-state index in [4.69, 9.17) is 0 Å². The van der Waals surface area contributed by atoms with E-state index in [9.17, 15) is 9.59 Å². The Labute approximate surface area is 84.3 Å². The van der Waals surface area contributed by atoms with Crippen molar-refractivity contribution in [3.05, 3.63) is 12.2 Å². The summed E-state index contributed by atoms with van der Waals surface area (Å²) in [4.78, 5) is 21.7. The molecule has 4 nitrogen and oxygen atoms in total. The quantitative estimate of drug-likeness (QED) is 0.540. The Kier molecular flexibility index (Phi) is 4.91. The monoisotopic (exact) mass is 199 g/mol. The SMILES string of the molecule is COC(=O)C(C)(C)C=CCNC(C)=O. The minimum absolute atomic E-state index is 0.0921. The predicted molar refractivity (Wildman–Crippen MR) is 53.6 cm³/mol. The van der Waals surface area contributed by atoms with Gasteiger partial charge in [0.05, 0.1) is 12.5 Å². The van der Waals surface area contributed by atoms with Crippen molar-refractivity contribution in [2.75, 3.05) is 13.7 Å². The van der Waals surface area contributed by atoms with Gasteiger partial charge < -0.3 is 10.1 Å². The number of hydrogen-bond donors (Lipinski definition) is 1. The molecule has 0 saturated heterocycles. The Bertz CT molecular complexity index is 244. The van der Waals surface area contributed by atoms with Gasteiger partial charge in [-0.3, -0.25) is 9.59 Å². The molecule has 0 aliphatic heterocycles. The summed E-state index contributed by atoms with van der Waals surface area (Å²) in [5.74, 6) is -0.387. The van der Waals surface area contributed by atoms with Crippen molar-refractivity contribution < 1.29 is 14.3 Å². The zero-order valence-corrected chi connectivity index (χ0v) is 9.09. The third-order valence-corrected chi connectivity index (χ3v) is 1.71. The van der Waals surface area contributed by atoms with E-state index in [0.29, 0.717) is 6.54 Å². The summed E-state index contributed by atoms with van der Waals surface area (Å²) in [6.07, 6.45) is 3.45. The van der Waals surface area contributed by atoms with Crippen molar-refractivity contribution in [3.8, 4) is 0 Å². The maximum Gasteiger partial charge on any atom is 0.315 e. The Morgan fingerprint density at radius 1 is 1.43 bits per heavy atom. The van der Waals surface area contributed by atoms with Crippen LogP contribution in [0.3, 0.4) is 0 Å². The average Bonchev–Trinajstić information content (AvgIpc) is 2.10.